The van der Waals surface area contributed by atoms with Crippen molar-refractivity contribution in [1.29, 1.82) is 0 Å². The summed E-state index contributed by atoms with van der Waals surface area (Å²) in [6.45, 7) is 3.64. The molecule has 0 unspecified atom stereocenters. The van der Waals surface area contributed by atoms with Crippen molar-refractivity contribution >= 4 is 27.3 Å². The van der Waals surface area contributed by atoms with Crippen LogP contribution in [0.4, 0.5) is 24.5 Å². The van der Waals surface area contributed by atoms with E-state index in [2.05, 4.69) is 24.8 Å². The Kier molecular flexibility index (Phi) is 8.42. The fraction of sp³-hybridized carbons (Fsp3) is 0.308. The van der Waals surface area contributed by atoms with Gasteiger partial charge in [-0.25, -0.2) is 8.42 Å². The number of alkyl halides is 3. The van der Waals surface area contributed by atoms with Gasteiger partial charge in [0.05, 0.1) is 28.3 Å². The zero-order valence-electron chi connectivity index (χ0n) is 21.1. The average molecular weight is 564 g/mol. The van der Waals surface area contributed by atoms with Gasteiger partial charge < -0.3 is 15.3 Å². The number of sulfonamides is 1. The summed E-state index contributed by atoms with van der Waals surface area (Å²) in [5, 5.41) is 12.8. The minimum absolute atomic E-state index is 0.0676. The fourth-order valence-corrected chi connectivity index (χ4v) is 5.07. The molecule has 1 amide bonds. The van der Waals surface area contributed by atoms with Gasteiger partial charge in [0.25, 0.3) is 5.91 Å². The van der Waals surface area contributed by atoms with Gasteiger partial charge in [0.1, 0.15) is 5.75 Å². The van der Waals surface area contributed by atoms with Crippen molar-refractivity contribution in [2.75, 3.05) is 55.6 Å². The van der Waals surface area contributed by atoms with Gasteiger partial charge in [0.15, 0.2) is 0 Å². The number of halogens is 3. The SMILES string of the molecule is CN1CCN(CCS(=O)(=O)Nc2cc(NC(=O)c3ccc(-c4ccc(C(F)(F)F)cc4)nc3)ccc2O)CC1. The number of nitrogens with one attached hydrogen (secondary N) is 2. The number of phenolic OH excluding ortho intramolecular Hbond substituents is 1. The summed E-state index contributed by atoms with van der Waals surface area (Å²) in [4.78, 5) is 21.1. The molecule has 2 heterocycles. The second kappa shape index (κ2) is 11.6. The first-order chi connectivity index (χ1) is 18.4. The molecule has 1 saturated heterocycles. The number of hydrogen-bond acceptors (Lipinski definition) is 7. The first-order valence-corrected chi connectivity index (χ1v) is 13.7. The number of benzene rings is 2. The van der Waals surface area contributed by atoms with Gasteiger partial charge >= 0.3 is 6.18 Å². The average Bonchev–Trinajstić information content (AvgIpc) is 2.90. The predicted octanol–water partition coefficient (Wildman–Crippen LogP) is 3.71. The van der Waals surface area contributed by atoms with Crippen molar-refractivity contribution in [1.82, 2.24) is 14.8 Å². The maximum absolute atomic E-state index is 12.8. The molecule has 39 heavy (non-hydrogen) atoms. The molecule has 1 aliphatic heterocycles. The van der Waals surface area contributed by atoms with E-state index < -0.39 is 27.7 Å². The number of rotatable bonds is 8. The van der Waals surface area contributed by atoms with E-state index in [-0.39, 0.29) is 28.4 Å². The molecule has 0 atom stereocenters. The first-order valence-electron chi connectivity index (χ1n) is 12.1. The Bertz CT molecular complexity index is 1410. The Hall–Kier alpha value is -3.68. The molecule has 1 aliphatic rings. The van der Waals surface area contributed by atoms with Crippen LogP contribution < -0.4 is 10.0 Å². The van der Waals surface area contributed by atoms with E-state index in [4.69, 9.17) is 0 Å². The summed E-state index contributed by atoms with van der Waals surface area (Å²) in [6.07, 6.45) is -3.16. The second-order valence-electron chi connectivity index (χ2n) is 9.26. The van der Waals surface area contributed by atoms with E-state index in [1.807, 2.05) is 7.05 Å². The van der Waals surface area contributed by atoms with Crippen LogP contribution in [-0.4, -0.2) is 79.7 Å². The number of nitrogens with zero attached hydrogens (tertiary/aromatic N) is 3. The van der Waals surface area contributed by atoms with Crippen LogP contribution in [0.25, 0.3) is 11.3 Å². The number of carbonyl (C=O) groups excluding carboxylic acids is 1. The molecule has 0 spiro atoms. The number of likely N-dealkylation sites (N-methyl/N-ethyl adjacent to an activating group) is 1. The zero-order valence-corrected chi connectivity index (χ0v) is 21.9. The van der Waals surface area contributed by atoms with Crippen LogP contribution in [0.5, 0.6) is 5.75 Å². The van der Waals surface area contributed by atoms with Crippen LogP contribution in [0.2, 0.25) is 0 Å². The highest BCUT2D eigenvalue weighted by Crippen LogP contribution is 2.31. The van der Waals surface area contributed by atoms with Crippen LogP contribution >= 0.6 is 0 Å². The molecule has 2 aromatic carbocycles. The van der Waals surface area contributed by atoms with Crippen molar-refractivity contribution in [2.24, 2.45) is 0 Å². The van der Waals surface area contributed by atoms with Gasteiger partial charge in [-0.2, -0.15) is 13.2 Å². The largest absolute Gasteiger partial charge is 0.506 e. The Balaban J connectivity index is 1.38. The van der Waals surface area contributed by atoms with Crippen LogP contribution in [0.1, 0.15) is 15.9 Å². The summed E-state index contributed by atoms with van der Waals surface area (Å²) in [6, 6.07) is 11.5. The van der Waals surface area contributed by atoms with Gasteiger partial charge in [-0.1, -0.05) is 12.1 Å². The molecular formula is C26H28F3N5O4S. The summed E-state index contributed by atoms with van der Waals surface area (Å²) < 4.78 is 65.9. The van der Waals surface area contributed by atoms with E-state index in [1.165, 1.54) is 48.7 Å². The van der Waals surface area contributed by atoms with Crippen LogP contribution in [-0.2, 0) is 16.2 Å². The molecule has 0 bridgehead atoms. The summed E-state index contributed by atoms with van der Waals surface area (Å²) >= 11 is 0. The maximum atomic E-state index is 12.8. The number of carbonyl (C=O) groups is 1. The van der Waals surface area contributed by atoms with Crippen molar-refractivity contribution in [3.8, 4) is 17.0 Å². The van der Waals surface area contributed by atoms with E-state index in [0.29, 0.717) is 17.8 Å². The van der Waals surface area contributed by atoms with Gasteiger partial charge in [0.2, 0.25) is 10.0 Å². The molecule has 3 aromatic rings. The minimum atomic E-state index is -4.44. The van der Waals surface area contributed by atoms with Crippen LogP contribution in [0.3, 0.4) is 0 Å². The van der Waals surface area contributed by atoms with Crippen molar-refractivity contribution in [3.63, 3.8) is 0 Å². The molecule has 4 rings (SSSR count). The number of piperazine rings is 1. The van der Waals surface area contributed by atoms with E-state index in [1.54, 1.807) is 0 Å². The minimum Gasteiger partial charge on any atom is -0.506 e. The van der Waals surface area contributed by atoms with Gasteiger partial charge in [-0.15, -0.1) is 0 Å². The molecular weight excluding hydrogens is 535 g/mol. The Labute approximate surface area is 224 Å². The summed E-state index contributed by atoms with van der Waals surface area (Å²) in [7, 11) is -1.75. The third-order valence-electron chi connectivity index (χ3n) is 6.33. The van der Waals surface area contributed by atoms with E-state index >= 15 is 0 Å². The lowest BCUT2D eigenvalue weighted by molar-refractivity contribution is -0.137. The third-order valence-corrected chi connectivity index (χ3v) is 7.58. The van der Waals surface area contributed by atoms with Crippen molar-refractivity contribution in [3.05, 3.63) is 71.9 Å². The zero-order chi connectivity index (χ0) is 28.2. The fourth-order valence-electron chi connectivity index (χ4n) is 3.97. The van der Waals surface area contributed by atoms with Crippen molar-refractivity contribution < 1.29 is 31.5 Å². The third kappa shape index (κ3) is 7.68. The first kappa shape index (κ1) is 28.3. The normalized spacial score (nSPS) is 15.2. The molecule has 13 heteroatoms. The van der Waals surface area contributed by atoms with Gasteiger partial charge in [-0.3, -0.25) is 19.4 Å². The Morgan fingerprint density at radius 3 is 2.33 bits per heavy atom. The predicted molar refractivity (Wildman–Crippen MR) is 142 cm³/mol. The molecule has 1 aromatic heterocycles. The molecule has 208 valence electrons. The number of phenols is 1. The Morgan fingerprint density at radius 1 is 1.03 bits per heavy atom. The number of aromatic hydroxyl groups is 1. The van der Waals surface area contributed by atoms with Crippen LogP contribution in [0, 0.1) is 0 Å². The molecule has 1 fully saturated rings. The number of pyridine rings is 1. The van der Waals surface area contributed by atoms with Crippen LogP contribution in [0.15, 0.2) is 60.8 Å². The lowest BCUT2D eigenvalue weighted by Crippen LogP contribution is -2.46. The molecule has 0 aliphatic carbocycles. The topological polar surface area (TPSA) is 115 Å². The van der Waals surface area contributed by atoms with Gasteiger partial charge in [0, 0.05) is 50.2 Å². The quantitative estimate of drug-likeness (QED) is 0.283. The molecule has 0 radical (unpaired) electrons. The van der Waals surface area contributed by atoms with E-state index in [0.717, 1.165) is 38.3 Å². The number of amides is 1. The lowest BCUT2D eigenvalue weighted by Gasteiger charge is -2.32. The standard InChI is InChI=1S/C26H28F3N5O4S/c1-33-10-12-34(13-11-33)14-15-39(37,38)32-23-16-21(7-9-24(23)35)31-25(36)19-4-8-22(30-17-19)18-2-5-20(6-3-18)26(27,28)29/h2-9,16-17,32,35H,10-15H2,1H3,(H,31,36). The van der Waals surface area contributed by atoms with Gasteiger partial charge in [-0.05, 0) is 49.5 Å². The monoisotopic (exact) mass is 563 g/mol. The smallest absolute Gasteiger partial charge is 0.416 e. The summed E-state index contributed by atoms with van der Waals surface area (Å²) in [5.74, 6) is -0.987. The molecule has 9 nitrogen and oxygen atoms in total. The molecule has 3 N–H and O–H groups in total. The highest BCUT2D eigenvalue weighted by Gasteiger charge is 2.30. The summed E-state index contributed by atoms with van der Waals surface area (Å²) in [5.41, 5.74) is 0.417. The maximum Gasteiger partial charge on any atom is 0.416 e. The Morgan fingerprint density at radius 2 is 1.72 bits per heavy atom. The lowest BCUT2D eigenvalue weighted by atomic mass is 10.1. The van der Waals surface area contributed by atoms with Crippen molar-refractivity contribution in [2.45, 2.75) is 6.18 Å². The number of aromatic nitrogens is 1. The molecule has 0 saturated carbocycles. The highest BCUT2D eigenvalue weighted by atomic mass is 32.2. The van der Waals surface area contributed by atoms with E-state index in [9.17, 15) is 31.5 Å². The second-order valence-corrected chi connectivity index (χ2v) is 11.1. The highest BCUT2D eigenvalue weighted by molar-refractivity contribution is 7.92. The number of hydrogen-bond donors (Lipinski definition) is 3. The number of anilines is 2.